The minimum Gasteiger partial charge on any atom is -0.358 e. The number of halogens is 4. The molecule has 0 aliphatic heterocycles. The van der Waals surface area contributed by atoms with Gasteiger partial charge in [0.15, 0.2) is 10.8 Å². The van der Waals surface area contributed by atoms with E-state index < -0.39 is 4.92 Å². The van der Waals surface area contributed by atoms with Gasteiger partial charge in [-0.15, -0.1) is 0 Å². The van der Waals surface area contributed by atoms with Crippen LogP contribution in [0.3, 0.4) is 0 Å². The molecule has 4 fully saturated rings. The van der Waals surface area contributed by atoms with Crippen LogP contribution in [0.5, 0.6) is 0 Å². The van der Waals surface area contributed by atoms with Crippen LogP contribution in [0.25, 0.3) is 0 Å². The summed E-state index contributed by atoms with van der Waals surface area (Å²) >= 11 is 24.9. The second-order valence-corrected chi connectivity index (χ2v) is 13.2. The number of nitrogens with one attached hydrogen (secondary N) is 1. The van der Waals surface area contributed by atoms with Gasteiger partial charge in [0, 0.05) is 12.6 Å². The van der Waals surface area contributed by atoms with Gasteiger partial charge in [0.2, 0.25) is 5.91 Å². The Morgan fingerprint density at radius 3 is 2.46 bits per heavy atom. The molecule has 0 saturated heterocycles. The van der Waals surface area contributed by atoms with E-state index in [1.54, 1.807) is 34.6 Å². The summed E-state index contributed by atoms with van der Waals surface area (Å²) in [5.41, 5.74) is 0.924. The SMILES string of the molecule is Cc1c(Cl)c([N+](=O)[O-])nn1C12CC3CC(CC(CC(=O)Nc4nn(Cc5ccc(Cl)c(Cl)c5)cc4Cl)(C3)C1)C2. The fourth-order valence-corrected chi connectivity index (χ4v) is 8.51. The summed E-state index contributed by atoms with van der Waals surface area (Å²) in [6.45, 7) is 2.21. The number of carbonyl (C=O) groups is 1. The van der Waals surface area contributed by atoms with Crippen molar-refractivity contribution in [3.05, 3.63) is 65.9 Å². The highest BCUT2D eigenvalue weighted by Crippen LogP contribution is 2.65. The molecule has 206 valence electrons. The zero-order chi connectivity index (χ0) is 27.7. The van der Waals surface area contributed by atoms with Gasteiger partial charge in [0.1, 0.15) is 5.02 Å². The molecule has 1 amide bonds. The number of nitro groups is 1. The first-order valence-corrected chi connectivity index (χ1v) is 14.3. The standard InChI is InChI=1S/C26H26Cl4N6O3/c1-14-22(30)24(36(38)39)33-35(14)26-8-16-4-17(9-26)7-25(6-16,13-26)10-21(37)31-23-20(29)12-34(32-23)11-15-2-3-18(27)19(28)5-15/h2-3,5,12,16-17H,4,6-11,13H2,1H3,(H,31,32,37). The smallest absolute Gasteiger partial charge is 0.358 e. The van der Waals surface area contributed by atoms with Crippen LogP contribution < -0.4 is 5.32 Å². The lowest BCUT2D eigenvalue weighted by Crippen LogP contribution is -2.57. The number of hydrogen-bond acceptors (Lipinski definition) is 5. The van der Waals surface area contributed by atoms with E-state index in [4.69, 9.17) is 46.4 Å². The number of amides is 1. The fraction of sp³-hybridized carbons (Fsp3) is 0.500. The predicted octanol–water partition coefficient (Wildman–Crippen LogP) is 7.28. The van der Waals surface area contributed by atoms with Crippen LogP contribution in [0.4, 0.5) is 11.6 Å². The molecule has 4 saturated carbocycles. The summed E-state index contributed by atoms with van der Waals surface area (Å²) in [4.78, 5) is 24.4. The van der Waals surface area contributed by atoms with E-state index in [0.29, 0.717) is 51.4 Å². The molecule has 0 spiro atoms. The summed E-state index contributed by atoms with van der Waals surface area (Å²) < 4.78 is 3.45. The van der Waals surface area contributed by atoms with Gasteiger partial charge in [-0.25, -0.2) is 0 Å². The van der Waals surface area contributed by atoms with Crippen LogP contribution in [0.2, 0.25) is 20.1 Å². The number of rotatable bonds is 7. The maximum atomic E-state index is 13.4. The molecule has 4 aliphatic rings. The third kappa shape index (κ3) is 4.81. The molecule has 13 heteroatoms. The lowest BCUT2D eigenvalue weighted by atomic mass is 9.46. The molecular weight excluding hydrogens is 586 g/mol. The van der Waals surface area contributed by atoms with Gasteiger partial charge in [-0.3, -0.25) is 9.48 Å². The third-order valence-electron chi connectivity index (χ3n) is 8.64. The number of carbonyl (C=O) groups excluding carboxylic acids is 1. The Hall–Kier alpha value is -2.33. The molecule has 9 nitrogen and oxygen atoms in total. The van der Waals surface area contributed by atoms with Crippen LogP contribution in [-0.2, 0) is 16.9 Å². The number of anilines is 1. The Morgan fingerprint density at radius 1 is 1.10 bits per heavy atom. The summed E-state index contributed by atoms with van der Waals surface area (Å²) in [7, 11) is 0. The molecule has 3 aromatic rings. The topological polar surface area (TPSA) is 108 Å². The van der Waals surface area contributed by atoms with Gasteiger partial charge >= 0.3 is 5.82 Å². The predicted molar refractivity (Wildman–Crippen MR) is 150 cm³/mol. The lowest BCUT2D eigenvalue weighted by molar-refractivity contribution is -0.389. The first-order chi connectivity index (χ1) is 18.5. The van der Waals surface area contributed by atoms with Crippen molar-refractivity contribution in [3.8, 4) is 0 Å². The molecule has 1 aromatic carbocycles. The summed E-state index contributed by atoms with van der Waals surface area (Å²) in [5, 5.41) is 24.7. The van der Waals surface area contributed by atoms with Crippen molar-refractivity contribution >= 4 is 63.9 Å². The van der Waals surface area contributed by atoms with Crippen molar-refractivity contribution in [2.24, 2.45) is 17.3 Å². The van der Waals surface area contributed by atoms with Crippen LogP contribution in [0, 0.1) is 34.3 Å². The van der Waals surface area contributed by atoms with E-state index >= 15 is 0 Å². The van der Waals surface area contributed by atoms with Crippen LogP contribution in [0.15, 0.2) is 24.4 Å². The molecule has 0 radical (unpaired) electrons. The number of benzene rings is 1. The molecular formula is C26H26Cl4N6O3. The second kappa shape index (κ2) is 9.65. The first kappa shape index (κ1) is 26.9. The highest BCUT2D eigenvalue weighted by atomic mass is 35.5. The number of hydrogen-bond donors (Lipinski definition) is 1. The summed E-state index contributed by atoms with van der Waals surface area (Å²) in [5.74, 6) is 0.744. The first-order valence-electron chi connectivity index (χ1n) is 12.8. The van der Waals surface area contributed by atoms with Gasteiger partial charge < -0.3 is 15.4 Å². The normalized spacial score (nSPS) is 27.2. The van der Waals surface area contributed by atoms with E-state index in [1.807, 2.05) is 6.07 Å². The molecule has 2 heterocycles. The van der Waals surface area contributed by atoms with Crippen molar-refractivity contribution < 1.29 is 9.72 Å². The van der Waals surface area contributed by atoms with Crippen LogP contribution >= 0.6 is 46.4 Å². The Balaban J connectivity index is 1.20. The van der Waals surface area contributed by atoms with E-state index in [-0.39, 0.29) is 27.7 Å². The average molecular weight is 612 g/mol. The van der Waals surface area contributed by atoms with Crippen molar-refractivity contribution in [3.63, 3.8) is 0 Å². The van der Waals surface area contributed by atoms with Crippen molar-refractivity contribution in [2.45, 2.75) is 64.0 Å². The minimum absolute atomic E-state index is 0.0913. The molecule has 2 atom stereocenters. The Morgan fingerprint density at radius 2 is 1.82 bits per heavy atom. The van der Waals surface area contributed by atoms with E-state index in [0.717, 1.165) is 44.1 Å². The van der Waals surface area contributed by atoms with E-state index in [2.05, 4.69) is 15.5 Å². The molecule has 1 N–H and O–H groups in total. The van der Waals surface area contributed by atoms with Crippen molar-refractivity contribution in [1.29, 1.82) is 0 Å². The molecule has 4 bridgehead atoms. The Kier molecular flexibility index (Phi) is 6.65. The maximum Gasteiger partial charge on any atom is 0.408 e. The molecule has 2 aromatic heterocycles. The van der Waals surface area contributed by atoms with Crippen molar-refractivity contribution in [2.75, 3.05) is 5.32 Å². The van der Waals surface area contributed by atoms with Gasteiger partial charge in [-0.1, -0.05) is 52.5 Å². The highest BCUT2D eigenvalue weighted by molar-refractivity contribution is 6.42. The lowest BCUT2D eigenvalue weighted by Gasteiger charge is -2.61. The van der Waals surface area contributed by atoms with Gasteiger partial charge in [-0.2, -0.15) is 9.78 Å². The van der Waals surface area contributed by atoms with E-state index in [9.17, 15) is 14.9 Å². The fourth-order valence-electron chi connectivity index (χ4n) is 7.81. The van der Waals surface area contributed by atoms with Gasteiger partial charge in [-0.05, 0) is 85.3 Å². The Labute approximate surface area is 244 Å². The molecule has 2 unspecified atom stereocenters. The summed E-state index contributed by atoms with van der Waals surface area (Å²) in [6, 6.07) is 5.35. The quantitative estimate of drug-likeness (QED) is 0.223. The molecule has 39 heavy (non-hydrogen) atoms. The largest absolute Gasteiger partial charge is 0.408 e. The van der Waals surface area contributed by atoms with Crippen LogP contribution in [-0.4, -0.2) is 30.4 Å². The Bertz CT molecular complexity index is 1490. The van der Waals surface area contributed by atoms with Crippen LogP contribution in [0.1, 0.15) is 56.2 Å². The monoisotopic (exact) mass is 610 g/mol. The second-order valence-electron chi connectivity index (χ2n) is 11.6. The minimum atomic E-state index is -0.528. The zero-order valence-electron chi connectivity index (χ0n) is 21.1. The van der Waals surface area contributed by atoms with Gasteiger partial charge in [0.25, 0.3) is 0 Å². The number of aromatic nitrogens is 4. The number of nitrogens with zero attached hydrogens (tertiary/aromatic N) is 5. The maximum absolute atomic E-state index is 13.4. The average Bonchev–Trinajstić information content (AvgIpc) is 3.33. The zero-order valence-corrected chi connectivity index (χ0v) is 24.1. The highest BCUT2D eigenvalue weighted by Gasteiger charge is 2.61. The molecule has 7 rings (SSSR count). The molecule has 4 aliphatic carbocycles. The summed E-state index contributed by atoms with van der Waals surface area (Å²) in [6.07, 6.45) is 7.54. The third-order valence-corrected chi connectivity index (χ3v) is 10.1. The van der Waals surface area contributed by atoms with E-state index in [1.165, 1.54) is 0 Å². The van der Waals surface area contributed by atoms with Gasteiger partial charge in [0.05, 0.1) is 32.9 Å². The van der Waals surface area contributed by atoms with Crippen molar-refractivity contribution in [1.82, 2.24) is 19.6 Å².